The third-order valence-electron chi connectivity index (χ3n) is 4.01. The maximum Gasteiger partial charge on any atom is 0.341 e. The van der Waals surface area contributed by atoms with Gasteiger partial charge in [0, 0.05) is 12.7 Å². The van der Waals surface area contributed by atoms with Crippen molar-refractivity contribution in [3.63, 3.8) is 0 Å². The predicted molar refractivity (Wildman–Crippen MR) is 111 cm³/mol. The molecule has 0 spiro atoms. The Kier molecular flexibility index (Phi) is 7.49. The first-order chi connectivity index (χ1) is 14.0. The average molecular weight is 439 g/mol. The number of hydrogen-bond acceptors (Lipinski definition) is 7. The second-order valence-electron chi connectivity index (χ2n) is 6.98. The Balaban J connectivity index is 1.97. The fourth-order valence-electron chi connectivity index (χ4n) is 2.62. The summed E-state index contributed by atoms with van der Waals surface area (Å²) in [6.07, 6.45) is 0.00217. The molecule has 9 nitrogen and oxygen atoms in total. The van der Waals surface area contributed by atoms with Gasteiger partial charge in [0.1, 0.15) is 28.6 Å². The van der Waals surface area contributed by atoms with Crippen molar-refractivity contribution in [2.45, 2.75) is 33.4 Å². The highest BCUT2D eigenvalue weighted by molar-refractivity contribution is 7.93. The lowest BCUT2D eigenvalue weighted by Crippen LogP contribution is -2.34. The van der Waals surface area contributed by atoms with Gasteiger partial charge in [0.05, 0.1) is 19.8 Å². The van der Waals surface area contributed by atoms with E-state index in [1.165, 1.54) is 25.1 Å². The first kappa shape index (κ1) is 23.3. The highest BCUT2D eigenvalue weighted by atomic mass is 32.2. The number of furan rings is 1. The van der Waals surface area contributed by atoms with Crippen LogP contribution in [0.25, 0.3) is 0 Å². The summed E-state index contributed by atoms with van der Waals surface area (Å²) < 4.78 is 42.7. The molecule has 2 aromatic rings. The van der Waals surface area contributed by atoms with E-state index in [1.807, 2.05) is 13.8 Å². The standard InChI is InChI=1S/C20H26N2O7S/c1-13(2)28-16-8-6-15(7-9-16)21-30(25,26)12-19(23)22(4)11-17-10-18(14(3)29-17)20(24)27-5/h6-10,13,21H,11-12H2,1-5H3. The largest absolute Gasteiger partial charge is 0.491 e. The van der Waals surface area contributed by atoms with Crippen molar-refractivity contribution >= 4 is 27.6 Å². The molecule has 1 heterocycles. The van der Waals surface area contributed by atoms with Crippen LogP contribution in [0.1, 0.15) is 35.7 Å². The molecular weight excluding hydrogens is 412 g/mol. The van der Waals surface area contributed by atoms with Gasteiger partial charge in [-0.3, -0.25) is 9.52 Å². The quantitative estimate of drug-likeness (QED) is 0.598. The predicted octanol–water partition coefficient (Wildman–Crippen LogP) is 2.56. The monoisotopic (exact) mass is 438 g/mol. The number of ether oxygens (including phenoxy) is 2. The lowest BCUT2D eigenvalue weighted by Gasteiger charge is -2.16. The van der Waals surface area contributed by atoms with E-state index in [2.05, 4.69) is 9.46 Å². The van der Waals surface area contributed by atoms with Gasteiger partial charge < -0.3 is 18.8 Å². The molecule has 0 aliphatic rings. The molecule has 0 bridgehead atoms. The molecule has 0 saturated carbocycles. The Labute approximate surface area is 176 Å². The zero-order valence-corrected chi connectivity index (χ0v) is 18.4. The van der Waals surface area contributed by atoms with E-state index in [1.54, 1.807) is 31.2 Å². The van der Waals surface area contributed by atoms with Gasteiger partial charge in [-0.2, -0.15) is 0 Å². The number of sulfonamides is 1. The van der Waals surface area contributed by atoms with Crippen molar-refractivity contribution < 1.29 is 31.9 Å². The molecule has 2 rings (SSSR count). The molecule has 0 unspecified atom stereocenters. The van der Waals surface area contributed by atoms with Crippen LogP contribution in [0, 0.1) is 6.92 Å². The number of anilines is 1. The van der Waals surface area contributed by atoms with Crippen LogP contribution in [0.3, 0.4) is 0 Å². The zero-order valence-electron chi connectivity index (χ0n) is 17.6. The summed E-state index contributed by atoms with van der Waals surface area (Å²) in [6.45, 7) is 5.38. The average Bonchev–Trinajstić information content (AvgIpc) is 3.01. The molecule has 0 aliphatic heterocycles. The van der Waals surface area contributed by atoms with Crippen LogP contribution in [0.2, 0.25) is 0 Å². The Morgan fingerprint density at radius 1 is 1.20 bits per heavy atom. The summed E-state index contributed by atoms with van der Waals surface area (Å²) in [7, 11) is -1.21. The number of rotatable bonds is 9. The Bertz CT molecular complexity index is 995. The second kappa shape index (κ2) is 9.66. The summed E-state index contributed by atoms with van der Waals surface area (Å²) in [5.74, 6) is -0.600. The van der Waals surface area contributed by atoms with E-state index in [0.717, 1.165) is 0 Å². The van der Waals surface area contributed by atoms with E-state index < -0.39 is 27.7 Å². The molecule has 0 aliphatic carbocycles. The van der Waals surface area contributed by atoms with Gasteiger partial charge in [0.2, 0.25) is 15.9 Å². The zero-order chi connectivity index (χ0) is 22.5. The van der Waals surface area contributed by atoms with E-state index >= 15 is 0 Å². The number of nitrogens with zero attached hydrogens (tertiary/aromatic N) is 1. The number of aryl methyl sites for hydroxylation is 1. The van der Waals surface area contributed by atoms with E-state index in [-0.39, 0.29) is 18.2 Å². The minimum Gasteiger partial charge on any atom is -0.491 e. The van der Waals surface area contributed by atoms with Crippen LogP contribution < -0.4 is 9.46 Å². The van der Waals surface area contributed by atoms with Gasteiger partial charge in [0.15, 0.2) is 0 Å². The molecule has 0 saturated heterocycles. The smallest absolute Gasteiger partial charge is 0.341 e. The highest BCUT2D eigenvalue weighted by Crippen LogP contribution is 2.19. The maximum absolute atomic E-state index is 12.4. The molecule has 0 radical (unpaired) electrons. The van der Waals surface area contributed by atoms with Crippen molar-refractivity contribution in [2.75, 3.05) is 24.6 Å². The van der Waals surface area contributed by atoms with Crippen molar-refractivity contribution in [1.29, 1.82) is 0 Å². The van der Waals surface area contributed by atoms with Gasteiger partial charge >= 0.3 is 5.97 Å². The van der Waals surface area contributed by atoms with Crippen molar-refractivity contribution in [3.8, 4) is 5.75 Å². The Morgan fingerprint density at radius 3 is 2.40 bits per heavy atom. The minimum absolute atomic E-state index is 0.00217. The number of nitrogens with one attached hydrogen (secondary N) is 1. The molecular formula is C20H26N2O7S. The molecule has 30 heavy (non-hydrogen) atoms. The van der Waals surface area contributed by atoms with Crippen LogP contribution in [0.4, 0.5) is 5.69 Å². The maximum atomic E-state index is 12.4. The van der Waals surface area contributed by atoms with Gasteiger partial charge in [-0.1, -0.05) is 0 Å². The van der Waals surface area contributed by atoms with E-state index in [4.69, 9.17) is 9.15 Å². The normalized spacial score (nSPS) is 11.3. The molecule has 1 aromatic heterocycles. The van der Waals surface area contributed by atoms with Gasteiger partial charge in [-0.05, 0) is 51.1 Å². The fourth-order valence-corrected chi connectivity index (χ4v) is 3.73. The number of hydrogen-bond donors (Lipinski definition) is 1. The third-order valence-corrected chi connectivity index (χ3v) is 5.18. The van der Waals surface area contributed by atoms with Crippen molar-refractivity contribution in [1.82, 2.24) is 4.90 Å². The van der Waals surface area contributed by atoms with Crippen LogP contribution in [0.15, 0.2) is 34.7 Å². The van der Waals surface area contributed by atoms with Crippen molar-refractivity contribution in [2.24, 2.45) is 0 Å². The fraction of sp³-hybridized carbons (Fsp3) is 0.400. The molecule has 0 atom stereocenters. The highest BCUT2D eigenvalue weighted by Gasteiger charge is 2.22. The first-order valence-electron chi connectivity index (χ1n) is 9.19. The first-order valence-corrected chi connectivity index (χ1v) is 10.8. The van der Waals surface area contributed by atoms with Gasteiger partial charge in [-0.25, -0.2) is 13.2 Å². The van der Waals surface area contributed by atoms with Crippen molar-refractivity contribution in [3.05, 3.63) is 47.4 Å². The number of benzene rings is 1. The number of amides is 1. The Morgan fingerprint density at radius 2 is 1.83 bits per heavy atom. The van der Waals surface area contributed by atoms with Crippen LogP contribution in [0.5, 0.6) is 5.75 Å². The van der Waals surface area contributed by atoms with Gasteiger partial charge in [-0.15, -0.1) is 0 Å². The molecule has 164 valence electrons. The summed E-state index contributed by atoms with van der Waals surface area (Å²) >= 11 is 0. The second-order valence-corrected chi connectivity index (χ2v) is 8.70. The topological polar surface area (TPSA) is 115 Å². The SMILES string of the molecule is COC(=O)c1cc(CN(C)C(=O)CS(=O)(=O)Nc2ccc(OC(C)C)cc2)oc1C. The summed E-state index contributed by atoms with van der Waals surface area (Å²) in [5, 5.41) is 0. The number of methoxy groups -OCH3 is 1. The van der Waals surface area contributed by atoms with Crippen LogP contribution in [-0.2, 0) is 26.1 Å². The molecule has 0 fully saturated rings. The number of esters is 1. The number of carbonyl (C=O) groups is 2. The summed E-state index contributed by atoms with van der Waals surface area (Å²) in [6, 6.07) is 7.87. The third kappa shape index (κ3) is 6.51. The minimum atomic E-state index is -3.91. The molecule has 10 heteroatoms. The van der Waals surface area contributed by atoms with E-state index in [0.29, 0.717) is 23.0 Å². The number of carbonyl (C=O) groups excluding carboxylic acids is 2. The Hall–Kier alpha value is -3.01. The molecule has 1 aromatic carbocycles. The van der Waals surface area contributed by atoms with Gasteiger partial charge in [0.25, 0.3) is 0 Å². The lowest BCUT2D eigenvalue weighted by molar-refractivity contribution is -0.127. The molecule has 1 N–H and O–H groups in total. The summed E-state index contributed by atoms with van der Waals surface area (Å²) in [5.41, 5.74) is 0.582. The molecule has 1 amide bonds. The van der Waals surface area contributed by atoms with Crippen LogP contribution in [-0.4, -0.2) is 51.2 Å². The van der Waals surface area contributed by atoms with Crippen LogP contribution >= 0.6 is 0 Å². The van der Waals surface area contributed by atoms with E-state index in [9.17, 15) is 18.0 Å². The summed E-state index contributed by atoms with van der Waals surface area (Å²) in [4.78, 5) is 25.2. The lowest BCUT2D eigenvalue weighted by atomic mass is 10.2.